The highest BCUT2D eigenvalue weighted by atomic mass is 19.4. The highest BCUT2D eigenvalue weighted by molar-refractivity contribution is 5.89. The molecule has 26 heavy (non-hydrogen) atoms. The van der Waals surface area contributed by atoms with Crippen molar-refractivity contribution in [3.63, 3.8) is 0 Å². The van der Waals surface area contributed by atoms with Gasteiger partial charge in [-0.25, -0.2) is 4.79 Å². The standard InChI is InChI=1S/C19H20F3NO3/c20-19(21,22)26-17-11-7-15(8-12-17)18(24)25-16-9-5-14(6-10-16)4-2-1-3-13-23/h1,3,7-8,11-12,14,16H,2,4-6,9-10H2. The zero-order chi connectivity index (χ0) is 19.0. The highest BCUT2D eigenvalue weighted by Crippen LogP contribution is 2.30. The van der Waals surface area contributed by atoms with E-state index in [0.29, 0.717) is 5.92 Å². The van der Waals surface area contributed by atoms with Crippen molar-refractivity contribution in [1.29, 1.82) is 5.26 Å². The van der Waals surface area contributed by atoms with Gasteiger partial charge in [-0.05, 0) is 68.7 Å². The Kier molecular flexibility index (Phi) is 7.07. The third-order valence-electron chi connectivity index (χ3n) is 4.33. The molecule has 1 aromatic carbocycles. The van der Waals surface area contributed by atoms with Crippen LogP contribution in [-0.2, 0) is 4.74 Å². The van der Waals surface area contributed by atoms with E-state index in [4.69, 9.17) is 10.00 Å². The summed E-state index contributed by atoms with van der Waals surface area (Å²) in [5, 5.41) is 8.44. The number of hydrogen-bond acceptors (Lipinski definition) is 4. The predicted octanol–water partition coefficient (Wildman–Crippen LogP) is 5.16. The molecule has 1 fully saturated rings. The van der Waals surface area contributed by atoms with Crippen molar-refractivity contribution in [1.82, 2.24) is 0 Å². The van der Waals surface area contributed by atoms with Crippen LogP contribution >= 0.6 is 0 Å². The zero-order valence-electron chi connectivity index (χ0n) is 14.2. The smallest absolute Gasteiger partial charge is 0.459 e. The van der Waals surface area contributed by atoms with Crippen molar-refractivity contribution in [2.24, 2.45) is 5.92 Å². The van der Waals surface area contributed by atoms with Gasteiger partial charge in [-0.2, -0.15) is 5.26 Å². The Balaban J connectivity index is 1.76. The number of rotatable bonds is 6. The van der Waals surface area contributed by atoms with E-state index in [9.17, 15) is 18.0 Å². The van der Waals surface area contributed by atoms with Crippen LogP contribution in [-0.4, -0.2) is 18.4 Å². The number of carbonyl (C=O) groups excluding carboxylic acids is 1. The van der Waals surface area contributed by atoms with Crippen LogP contribution in [0.4, 0.5) is 13.2 Å². The van der Waals surface area contributed by atoms with Gasteiger partial charge in [0.15, 0.2) is 0 Å². The molecular weight excluding hydrogens is 347 g/mol. The van der Waals surface area contributed by atoms with E-state index in [1.54, 1.807) is 0 Å². The molecule has 0 atom stereocenters. The summed E-state index contributed by atoms with van der Waals surface area (Å²) in [6, 6.07) is 6.67. The van der Waals surface area contributed by atoms with Crippen LogP contribution in [0.25, 0.3) is 0 Å². The van der Waals surface area contributed by atoms with Crippen LogP contribution in [0, 0.1) is 17.2 Å². The number of esters is 1. The number of hydrogen-bond donors (Lipinski definition) is 0. The summed E-state index contributed by atoms with van der Waals surface area (Å²) in [6.45, 7) is 0. The lowest BCUT2D eigenvalue weighted by molar-refractivity contribution is -0.274. The van der Waals surface area contributed by atoms with Crippen LogP contribution in [0.5, 0.6) is 5.75 Å². The van der Waals surface area contributed by atoms with Gasteiger partial charge in [-0.3, -0.25) is 0 Å². The van der Waals surface area contributed by atoms with Crippen molar-refractivity contribution >= 4 is 5.97 Å². The van der Waals surface area contributed by atoms with E-state index in [1.165, 1.54) is 18.2 Å². The van der Waals surface area contributed by atoms with Crippen molar-refractivity contribution in [2.75, 3.05) is 0 Å². The fourth-order valence-electron chi connectivity index (χ4n) is 3.02. The van der Waals surface area contributed by atoms with Gasteiger partial charge in [0.2, 0.25) is 0 Å². The van der Waals surface area contributed by atoms with E-state index in [-0.39, 0.29) is 17.4 Å². The fraction of sp³-hybridized carbons (Fsp3) is 0.474. The first-order valence-corrected chi connectivity index (χ1v) is 8.49. The molecule has 140 valence electrons. The van der Waals surface area contributed by atoms with Gasteiger partial charge in [0.25, 0.3) is 0 Å². The van der Waals surface area contributed by atoms with Gasteiger partial charge in [0.1, 0.15) is 11.9 Å². The van der Waals surface area contributed by atoms with Crippen molar-refractivity contribution in [2.45, 2.75) is 51.0 Å². The lowest BCUT2D eigenvalue weighted by Crippen LogP contribution is -2.24. The summed E-state index contributed by atoms with van der Waals surface area (Å²) in [6.07, 6.45) is 3.75. The summed E-state index contributed by atoms with van der Waals surface area (Å²) in [5.41, 5.74) is 0.197. The molecule has 0 bridgehead atoms. The summed E-state index contributed by atoms with van der Waals surface area (Å²) >= 11 is 0. The number of nitriles is 1. The van der Waals surface area contributed by atoms with E-state index >= 15 is 0 Å². The molecule has 1 aromatic rings. The molecule has 1 saturated carbocycles. The molecule has 0 aromatic heterocycles. The Hall–Kier alpha value is -2.49. The summed E-state index contributed by atoms with van der Waals surface area (Å²) in [5.74, 6) is -0.351. The predicted molar refractivity (Wildman–Crippen MR) is 88.3 cm³/mol. The third-order valence-corrected chi connectivity index (χ3v) is 4.33. The Morgan fingerprint density at radius 3 is 2.42 bits per heavy atom. The Labute approximate surface area is 150 Å². The summed E-state index contributed by atoms with van der Waals surface area (Å²) in [7, 11) is 0. The molecule has 4 nitrogen and oxygen atoms in total. The molecule has 1 aliphatic rings. The molecule has 0 radical (unpaired) electrons. The topological polar surface area (TPSA) is 59.3 Å². The van der Waals surface area contributed by atoms with Crippen LogP contribution in [0.1, 0.15) is 48.9 Å². The number of benzene rings is 1. The van der Waals surface area contributed by atoms with Gasteiger partial charge in [0.05, 0.1) is 11.6 Å². The van der Waals surface area contributed by atoms with E-state index in [0.717, 1.165) is 50.7 Å². The Morgan fingerprint density at radius 2 is 1.85 bits per heavy atom. The second-order valence-corrected chi connectivity index (χ2v) is 6.23. The van der Waals surface area contributed by atoms with Crippen molar-refractivity contribution in [3.8, 4) is 11.8 Å². The molecule has 0 saturated heterocycles. The first-order valence-electron chi connectivity index (χ1n) is 8.49. The molecule has 0 N–H and O–H groups in total. The van der Waals surface area contributed by atoms with E-state index in [2.05, 4.69) is 4.74 Å². The molecule has 0 unspecified atom stereocenters. The molecule has 2 rings (SSSR count). The lowest BCUT2D eigenvalue weighted by Gasteiger charge is -2.28. The summed E-state index contributed by atoms with van der Waals surface area (Å²) < 4.78 is 45.6. The molecule has 7 heteroatoms. The maximum Gasteiger partial charge on any atom is 0.573 e. The largest absolute Gasteiger partial charge is 0.573 e. The van der Waals surface area contributed by atoms with Crippen LogP contribution < -0.4 is 4.74 Å². The second kappa shape index (κ2) is 9.27. The molecule has 1 aliphatic carbocycles. The first kappa shape index (κ1) is 19.8. The molecule has 0 spiro atoms. The van der Waals surface area contributed by atoms with Gasteiger partial charge in [0, 0.05) is 6.08 Å². The van der Waals surface area contributed by atoms with Gasteiger partial charge < -0.3 is 9.47 Å². The normalized spacial score (nSPS) is 20.5. The molecule has 0 heterocycles. The van der Waals surface area contributed by atoms with E-state index in [1.807, 2.05) is 12.1 Å². The molecular formula is C19H20F3NO3. The van der Waals surface area contributed by atoms with Gasteiger partial charge >= 0.3 is 12.3 Å². The number of halogens is 3. The summed E-state index contributed by atoms with van der Waals surface area (Å²) in [4.78, 5) is 12.1. The third kappa shape index (κ3) is 6.79. The van der Waals surface area contributed by atoms with Crippen LogP contribution in [0.3, 0.4) is 0 Å². The average molecular weight is 367 g/mol. The number of carbonyl (C=O) groups is 1. The number of nitrogens with zero attached hydrogens (tertiary/aromatic N) is 1. The minimum absolute atomic E-state index is 0.167. The Morgan fingerprint density at radius 1 is 1.19 bits per heavy atom. The maximum atomic E-state index is 12.1. The maximum absolute atomic E-state index is 12.1. The monoisotopic (exact) mass is 367 g/mol. The number of ether oxygens (including phenoxy) is 2. The Bertz CT molecular complexity index is 654. The van der Waals surface area contributed by atoms with Crippen molar-refractivity contribution in [3.05, 3.63) is 42.0 Å². The fourth-order valence-corrected chi connectivity index (χ4v) is 3.02. The number of alkyl halides is 3. The van der Waals surface area contributed by atoms with Gasteiger partial charge in [-0.1, -0.05) is 6.08 Å². The molecule has 0 aliphatic heterocycles. The van der Waals surface area contributed by atoms with Gasteiger partial charge in [-0.15, -0.1) is 13.2 Å². The van der Waals surface area contributed by atoms with Crippen LogP contribution in [0.15, 0.2) is 36.4 Å². The average Bonchev–Trinajstić information content (AvgIpc) is 2.59. The minimum atomic E-state index is -4.76. The minimum Gasteiger partial charge on any atom is -0.459 e. The quantitative estimate of drug-likeness (QED) is 0.515. The first-order chi connectivity index (χ1) is 12.4. The second-order valence-electron chi connectivity index (χ2n) is 6.23. The molecule has 0 amide bonds. The highest BCUT2D eigenvalue weighted by Gasteiger charge is 2.31. The lowest BCUT2D eigenvalue weighted by atomic mass is 9.84. The van der Waals surface area contributed by atoms with Crippen LogP contribution in [0.2, 0.25) is 0 Å². The van der Waals surface area contributed by atoms with E-state index < -0.39 is 12.3 Å². The van der Waals surface area contributed by atoms with Crippen molar-refractivity contribution < 1.29 is 27.4 Å². The number of allylic oxidation sites excluding steroid dienone is 2. The SMILES string of the molecule is N#CC=CCCC1CCC(OC(=O)c2ccc(OC(F)(F)F)cc2)CC1. The zero-order valence-corrected chi connectivity index (χ0v) is 14.2.